The maximum absolute atomic E-state index is 10.9. The molecule has 0 spiro atoms. The van der Waals surface area contributed by atoms with Gasteiger partial charge in [0, 0.05) is 30.6 Å². The van der Waals surface area contributed by atoms with E-state index in [0.717, 1.165) is 5.56 Å². The van der Waals surface area contributed by atoms with Crippen LogP contribution in [0.1, 0.15) is 21.6 Å². The quantitative estimate of drug-likeness (QED) is 0.816. The molecule has 0 aromatic carbocycles. The van der Waals surface area contributed by atoms with Gasteiger partial charge in [0.05, 0.1) is 0 Å². The number of hydrogen-bond acceptors (Lipinski definition) is 3. The number of aromatic carboxylic acids is 1. The zero-order valence-corrected chi connectivity index (χ0v) is 9.30. The van der Waals surface area contributed by atoms with Gasteiger partial charge in [-0.15, -0.1) is 0 Å². The van der Waals surface area contributed by atoms with Crippen LogP contribution >= 0.6 is 0 Å². The summed E-state index contributed by atoms with van der Waals surface area (Å²) in [6, 6.07) is 0. The zero-order chi connectivity index (χ0) is 11.9. The number of carboxylic acid groups (broad SMARTS) is 1. The first kappa shape index (κ1) is 10.4. The second-order valence-corrected chi connectivity index (χ2v) is 3.72. The molecule has 0 saturated carbocycles. The van der Waals surface area contributed by atoms with Gasteiger partial charge in [0.15, 0.2) is 11.5 Å². The lowest BCUT2D eigenvalue weighted by atomic mass is 10.3. The lowest BCUT2D eigenvalue weighted by molar-refractivity contribution is 0.0689. The smallest absolute Gasteiger partial charge is 0.356 e. The molecule has 6 nitrogen and oxygen atoms in total. The van der Waals surface area contributed by atoms with Crippen LogP contribution in [0.4, 0.5) is 0 Å². The summed E-state index contributed by atoms with van der Waals surface area (Å²) in [7, 11) is 1.81. The van der Waals surface area contributed by atoms with E-state index in [1.807, 2.05) is 20.2 Å². The van der Waals surface area contributed by atoms with Crippen LogP contribution in [0.2, 0.25) is 0 Å². The third-order valence-electron chi connectivity index (χ3n) is 2.30. The minimum absolute atomic E-state index is 0.0602. The molecule has 1 N–H and O–H groups in total. The SMILES string of the molecule is Cc1cn(-c2nn(C)cc2C)nc1C(=O)O. The lowest BCUT2D eigenvalue weighted by Crippen LogP contribution is -2.03. The fourth-order valence-corrected chi connectivity index (χ4v) is 1.60. The predicted octanol–water partition coefficient (Wildman–Crippen LogP) is 0.921. The molecule has 0 aliphatic carbocycles. The average molecular weight is 220 g/mol. The molecule has 0 aliphatic heterocycles. The highest BCUT2D eigenvalue weighted by molar-refractivity contribution is 5.86. The number of aromatic nitrogens is 4. The van der Waals surface area contributed by atoms with Crippen LogP contribution in [0, 0.1) is 13.8 Å². The second-order valence-electron chi connectivity index (χ2n) is 3.72. The van der Waals surface area contributed by atoms with Gasteiger partial charge < -0.3 is 5.11 Å². The van der Waals surface area contributed by atoms with Crippen molar-refractivity contribution in [1.29, 1.82) is 0 Å². The minimum atomic E-state index is -1.02. The minimum Gasteiger partial charge on any atom is -0.476 e. The zero-order valence-electron chi connectivity index (χ0n) is 9.30. The van der Waals surface area contributed by atoms with Gasteiger partial charge in [-0.3, -0.25) is 4.68 Å². The molecule has 0 unspecified atom stereocenters. The van der Waals surface area contributed by atoms with Gasteiger partial charge in [0.2, 0.25) is 0 Å². The van der Waals surface area contributed by atoms with E-state index in [1.165, 1.54) is 4.68 Å². The molecule has 6 heteroatoms. The molecule has 0 saturated heterocycles. The Morgan fingerprint density at radius 2 is 1.94 bits per heavy atom. The van der Waals surface area contributed by atoms with Crippen molar-refractivity contribution < 1.29 is 9.90 Å². The summed E-state index contributed by atoms with van der Waals surface area (Å²) in [6.07, 6.45) is 3.52. The molecule has 84 valence electrons. The third kappa shape index (κ3) is 1.58. The van der Waals surface area contributed by atoms with Crippen molar-refractivity contribution in [3.05, 3.63) is 29.2 Å². The van der Waals surface area contributed by atoms with Gasteiger partial charge in [0.25, 0.3) is 0 Å². The second kappa shape index (κ2) is 3.48. The van der Waals surface area contributed by atoms with E-state index >= 15 is 0 Å². The number of aryl methyl sites for hydroxylation is 3. The summed E-state index contributed by atoms with van der Waals surface area (Å²) in [5, 5.41) is 17.1. The molecule has 2 heterocycles. The molecular weight excluding hydrogens is 208 g/mol. The van der Waals surface area contributed by atoms with E-state index < -0.39 is 5.97 Å². The maximum Gasteiger partial charge on any atom is 0.356 e. The highest BCUT2D eigenvalue weighted by Crippen LogP contribution is 2.13. The summed E-state index contributed by atoms with van der Waals surface area (Å²) >= 11 is 0. The van der Waals surface area contributed by atoms with Gasteiger partial charge in [-0.2, -0.15) is 10.2 Å². The number of rotatable bonds is 2. The van der Waals surface area contributed by atoms with Gasteiger partial charge in [-0.05, 0) is 13.8 Å². The first-order valence-electron chi connectivity index (χ1n) is 4.79. The van der Waals surface area contributed by atoms with E-state index in [9.17, 15) is 4.79 Å². The van der Waals surface area contributed by atoms with Gasteiger partial charge >= 0.3 is 5.97 Å². The standard InChI is InChI=1S/C10H12N4O2/c1-6-5-14(11-8(6)10(15)16)9-7(2)4-13(3)12-9/h4-5H,1-3H3,(H,15,16). The van der Waals surface area contributed by atoms with Crippen LogP contribution in [0.25, 0.3) is 5.82 Å². The Balaban J connectivity index is 2.53. The highest BCUT2D eigenvalue weighted by Gasteiger charge is 2.15. The first-order chi connectivity index (χ1) is 7.49. The number of hydrogen-bond donors (Lipinski definition) is 1. The number of nitrogens with zero attached hydrogens (tertiary/aromatic N) is 4. The largest absolute Gasteiger partial charge is 0.476 e. The fraction of sp³-hybridized carbons (Fsp3) is 0.300. The van der Waals surface area contributed by atoms with Crippen molar-refractivity contribution in [1.82, 2.24) is 19.6 Å². The molecule has 0 radical (unpaired) electrons. The molecule has 2 aromatic rings. The van der Waals surface area contributed by atoms with E-state index in [0.29, 0.717) is 11.4 Å². The Morgan fingerprint density at radius 1 is 1.25 bits per heavy atom. The highest BCUT2D eigenvalue weighted by atomic mass is 16.4. The van der Waals surface area contributed by atoms with Crippen molar-refractivity contribution in [2.75, 3.05) is 0 Å². The number of carbonyl (C=O) groups is 1. The summed E-state index contributed by atoms with van der Waals surface area (Å²) in [4.78, 5) is 10.9. The van der Waals surface area contributed by atoms with Crippen LogP contribution in [-0.2, 0) is 7.05 Å². The van der Waals surface area contributed by atoms with Gasteiger partial charge in [-0.25, -0.2) is 9.48 Å². The Hall–Kier alpha value is -2.11. The molecular formula is C10H12N4O2. The topological polar surface area (TPSA) is 72.9 Å². The Kier molecular flexibility index (Phi) is 2.26. The molecule has 0 amide bonds. The van der Waals surface area contributed by atoms with Crippen molar-refractivity contribution in [3.8, 4) is 5.82 Å². The van der Waals surface area contributed by atoms with Crippen LogP contribution in [0.15, 0.2) is 12.4 Å². The molecule has 0 fully saturated rings. The van der Waals surface area contributed by atoms with Crippen molar-refractivity contribution >= 4 is 5.97 Å². The molecule has 0 bridgehead atoms. The van der Waals surface area contributed by atoms with Crippen molar-refractivity contribution in [2.24, 2.45) is 7.05 Å². The molecule has 2 rings (SSSR count). The predicted molar refractivity (Wildman–Crippen MR) is 56.8 cm³/mol. The van der Waals surface area contributed by atoms with Gasteiger partial charge in [0.1, 0.15) is 0 Å². The third-order valence-corrected chi connectivity index (χ3v) is 2.30. The molecule has 0 aliphatic rings. The molecule has 2 aromatic heterocycles. The maximum atomic E-state index is 10.9. The summed E-state index contributed by atoms with van der Waals surface area (Å²) in [6.45, 7) is 3.62. The Labute approximate surface area is 92.1 Å². The Bertz CT molecular complexity index is 553. The van der Waals surface area contributed by atoms with E-state index in [2.05, 4.69) is 10.2 Å². The van der Waals surface area contributed by atoms with Crippen LogP contribution in [0.5, 0.6) is 0 Å². The van der Waals surface area contributed by atoms with E-state index in [1.54, 1.807) is 17.8 Å². The molecule has 16 heavy (non-hydrogen) atoms. The van der Waals surface area contributed by atoms with E-state index in [4.69, 9.17) is 5.11 Å². The summed E-state index contributed by atoms with van der Waals surface area (Å²) in [5.74, 6) is -0.372. The summed E-state index contributed by atoms with van der Waals surface area (Å²) < 4.78 is 3.16. The van der Waals surface area contributed by atoms with Crippen LogP contribution in [0.3, 0.4) is 0 Å². The number of carboxylic acids is 1. The Morgan fingerprint density at radius 3 is 2.38 bits per heavy atom. The summed E-state index contributed by atoms with van der Waals surface area (Å²) in [5.41, 5.74) is 1.63. The first-order valence-corrected chi connectivity index (χ1v) is 4.79. The molecule has 0 atom stereocenters. The monoisotopic (exact) mass is 220 g/mol. The van der Waals surface area contributed by atoms with Crippen molar-refractivity contribution in [2.45, 2.75) is 13.8 Å². The van der Waals surface area contributed by atoms with Gasteiger partial charge in [-0.1, -0.05) is 0 Å². The normalized spacial score (nSPS) is 10.7. The van der Waals surface area contributed by atoms with E-state index in [-0.39, 0.29) is 5.69 Å². The van der Waals surface area contributed by atoms with Crippen LogP contribution in [-0.4, -0.2) is 30.6 Å². The lowest BCUT2D eigenvalue weighted by Gasteiger charge is -1.95. The van der Waals surface area contributed by atoms with Crippen molar-refractivity contribution in [3.63, 3.8) is 0 Å². The average Bonchev–Trinajstić information content (AvgIpc) is 2.69. The van der Waals surface area contributed by atoms with Crippen LogP contribution < -0.4 is 0 Å². The fourth-order valence-electron chi connectivity index (χ4n) is 1.60.